The van der Waals surface area contributed by atoms with Crippen LogP contribution in [0.25, 0.3) is 12.2 Å². The van der Waals surface area contributed by atoms with Crippen molar-refractivity contribution in [1.82, 2.24) is 4.98 Å². The monoisotopic (exact) mass is 274 g/mol. The van der Waals surface area contributed by atoms with Crippen molar-refractivity contribution in [2.24, 2.45) is 0 Å². The largest absolute Gasteiger partial charge is 0.270 e. The summed E-state index contributed by atoms with van der Waals surface area (Å²) in [4.78, 5) is 14.5. The Kier molecular flexibility index (Phi) is 3.92. The van der Waals surface area contributed by atoms with Crippen molar-refractivity contribution >= 4 is 29.4 Å². The van der Waals surface area contributed by atoms with Gasteiger partial charge in [0.1, 0.15) is 0 Å². The summed E-state index contributed by atoms with van der Waals surface area (Å²) in [5.41, 5.74) is 2.45. The highest BCUT2D eigenvalue weighted by Gasteiger charge is 2.07. The Bertz CT molecular complexity index is 654. The Hall–Kier alpha value is -2.20. The predicted molar refractivity (Wildman–Crippen MR) is 76.0 cm³/mol. The molecular formula is C14H11ClN2O2. The minimum absolute atomic E-state index is 0.0155. The molecule has 0 aliphatic carbocycles. The van der Waals surface area contributed by atoms with Crippen LogP contribution in [0.15, 0.2) is 36.5 Å². The van der Waals surface area contributed by atoms with Gasteiger partial charge >= 0.3 is 0 Å². The highest BCUT2D eigenvalue weighted by atomic mass is 35.5. The molecular weight excluding hydrogens is 264 g/mol. The number of hydrogen-bond acceptors (Lipinski definition) is 3. The molecule has 5 heteroatoms. The van der Waals surface area contributed by atoms with Crippen LogP contribution < -0.4 is 0 Å². The zero-order chi connectivity index (χ0) is 13.8. The SMILES string of the molecule is Cc1cccnc1C=Cc1cc([N+](=O)[O-])ccc1Cl. The van der Waals surface area contributed by atoms with Crippen molar-refractivity contribution in [3.63, 3.8) is 0 Å². The van der Waals surface area contributed by atoms with E-state index in [1.165, 1.54) is 18.2 Å². The molecule has 1 aromatic carbocycles. The fourth-order valence-corrected chi connectivity index (χ4v) is 1.79. The van der Waals surface area contributed by atoms with Gasteiger partial charge in [0.25, 0.3) is 5.69 Å². The standard InChI is InChI=1S/C14H11ClN2O2/c1-10-3-2-8-16-14(10)7-4-11-9-12(17(18)19)5-6-13(11)15/h2-9H,1H3. The predicted octanol–water partition coefficient (Wildman–Crippen LogP) is 4.12. The fourth-order valence-electron chi connectivity index (χ4n) is 1.61. The topological polar surface area (TPSA) is 56.0 Å². The minimum atomic E-state index is -0.445. The second kappa shape index (κ2) is 5.63. The molecule has 0 aliphatic rings. The van der Waals surface area contributed by atoms with Gasteiger partial charge < -0.3 is 0 Å². The van der Waals surface area contributed by atoms with Gasteiger partial charge in [0.15, 0.2) is 0 Å². The van der Waals surface area contributed by atoms with E-state index in [9.17, 15) is 10.1 Å². The van der Waals surface area contributed by atoms with E-state index in [0.29, 0.717) is 10.6 Å². The van der Waals surface area contributed by atoms with E-state index in [2.05, 4.69) is 4.98 Å². The van der Waals surface area contributed by atoms with Crippen LogP contribution >= 0.6 is 11.6 Å². The first-order valence-corrected chi connectivity index (χ1v) is 5.99. The lowest BCUT2D eigenvalue weighted by atomic mass is 10.1. The Balaban J connectivity index is 2.35. The molecule has 1 aromatic heterocycles. The van der Waals surface area contributed by atoms with Gasteiger partial charge in [0, 0.05) is 23.4 Å². The number of nitro benzene ring substituents is 1. The van der Waals surface area contributed by atoms with Crippen LogP contribution in [0.4, 0.5) is 5.69 Å². The first-order chi connectivity index (χ1) is 9.08. The lowest BCUT2D eigenvalue weighted by Gasteiger charge is -2.00. The number of aryl methyl sites for hydroxylation is 1. The number of halogens is 1. The van der Waals surface area contributed by atoms with E-state index < -0.39 is 4.92 Å². The molecule has 0 unspecified atom stereocenters. The van der Waals surface area contributed by atoms with Gasteiger partial charge in [0.2, 0.25) is 0 Å². The summed E-state index contributed by atoms with van der Waals surface area (Å²) in [5, 5.41) is 11.2. The number of nitrogens with zero attached hydrogens (tertiary/aromatic N) is 2. The van der Waals surface area contributed by atoms with Crippen molar-refractivity contribution in [1.29, 1.82) is 0 Å². The molecule has 2 aromatic rings. The lowest BCUT2D eigenvalue weighted by Crippen LogP contribution is -1.89. The number of nitro groups is 1. The number of non-ortho nitro benzene ring substituents is 1. The molecule has 0 spiro atoms. The van der Waals surface area contributed by atoms with Crippen LogP contribution in [0.2, 0.25) is 5.02 Å². The molecule has 0 atom stereocenters. The Morgan fingerprint density at radius 1 is 1.32 bits per heavy atom. The molecule has 19 heavy (non-hydrogen) atoms. The van der Waals surface area contributed by atoms with Gasteiger partial charge in [-0.2, -0.15) is 0 Å². The minimum Gasteiger partial charge on any atom is -0.258 e. The van der Waals surface area contributed by atoms with Crippen molar-refractivity contribution in [3.05, 3.63) is 68.5 Å². The Labute approximate surface area is 115 Å². The van der Waals surface area contributed by atoms with E-state index in [0.717, 1.165) is 11.3 Å². The molecule has 0 saturated carbocycles. The van der Waals surface area contributed by atoms with Crippen LogP contribution in [0.1, 0.15) is 16.8 Å². The summed E-state index contributed by atoms with van der Waals surface area (Å²) in [5.74, 6) is 0. The molecule has 0 saturated heterocycles. The summed E-state index contributed by atoms with van der Waals surface area (Å²) in [6.07, 6.45) is 5.21. The average molecular weight is 275 g/mol. The molecule has 4 nitrogen and oxygen atoms in total. The summed E-state index contributed by atoms with van der Waals surface area (Å²) >= 11 is 6.01. The van der Waals surface area contributed by atoms with Gasteiger partial charge in [-0.1, -0.05) is 23.7 Å². The first kappa shape index (κ1) is 13.2. The van der Waals surface area contributed by atoms with E-state index in [1.807, 2.05) is 19.1 Å². The van der Waals surface area contributed by atoms with Crippen LogP contribution in [0.3, 0.4) is 0 Å². The number of hydrogen-bond donors (Lipinski definition) is 0. The molecule has 2 rings (SSSR count). The quantitative estimate of drug-likeness (QED) is 0.625. The highest BCUT2D eigenvalue weighted by molar-refractivity contribution is 6.32. The van der Waals surface area contributed by atoms with Gasteiger partial charge in [0.05, 0.1) is 10.6 Å². The van der Waals surface area contributed by atoms with Gasteiger partial charge in [-0.05, 0) is 36.3 Å². The van der Waals surface area contributed by atoms with Crippen molar-refractivity contribution in [2.75, 3.05) is 0 Å². The van der Waals surface area contributed by atoms with Gasteiger partial charge in [-0.15, -0.1) is 0 Å². The molecule has 0 amide bonds. The summed E-state index contributed by atoms with van der Waals surface area (Å²) < 4.78 is 0. The molecule has 0 bridgehead atoms. The lowest BCUT2D eigenvalue weighted by molar-refractivity contribution is -0.384. The van der Waals surface area contributed by atoms with E-state index >= 15 is 0 Å². The summed E-state index contributed by atoms with van der Waals surface area (Å²) in [7, 11) is 0. The molecule has 0 fully saturated rings. The van der Waals surface area contributed by atoms with E-state index in [-0.39, 0.29) is 5.69 Å². The Morgan fingerprint density at radius 3 is 2.79 bits per heavy atom. The Morgan fingerprint density at radius 2 is 2.11 bits per heavy atom. The number of aromatic nitrogens is 1. The second-order valence-corrected chi connectivity index (χ2v) is 4.41. The maximum absolute atomic E-state index is 10.7. The summed E-state index contributed by atoms with van der Waals surface area (Å²) in [6, 6.07) is 8.14. The number of pyridine rings is 1. The summed E-state index contributed by atoms with van der Waals surface area (Å²) in [6.45, 7) is 1.95. The fraction of sp³-hybridized carbons (Fsp3) is 0.0714. The average Bonchev–Trinajstić information content (AvgIpc) is 2.39. The second-order valence-electron chi connectivity index (χ2n) is 4.00. The number of benzene rings is 1. The maximum atomic E-state index is 10.7. The maximum Gasteiger partial charge on any atom is 0.270 e. The molecule has 1 heterocycles. The number of rotatable bonds is 3. The third-order valence-corrected chi connectivity index (χ3v) is 3.01. The molecule has 96 valence electrons. The third kappa shape index (κ3) is 3.17. The highest BCUT2D eigenvalue weighted by Crippen LogP contribution is 2.24. The molecule has 0 radical (unpaired) electrons. The molecule has 0 N–H and O–H groups in total. The van der Waals surface area contributed by atoms with Crippen molar-refractivity contribution in [3.8, 4) is 0 Å². The van der Waals surface area contributed by atoms with Crippen molar-refractivity contribution < 1.29 is 4.92 Å². The smallest absolute Gasteiger partial charge is 0.258 e. The van der Waals surface area contributed by atoms with Crippen LogP contribution in [-0.4, -0.2) is 9.91 Å². The van der Waals surface area contributed by atoms with Crippen LogP contribution in [0, 0.1) is 17.0 Å². The third-order valence-electron chi connectivity index (χ3n) is 2.66. The zero-order valence-corrected chi connectivity index (χ0v) is 11.0. The first-order valence-electron chi connectivity index (χ1n) is 5.61. The van der Waals surface area contributed by atoms with E-state index in [4.69, 9.17) is 11.6 Å². The van der Waals surface area contributed by atoms with Crippen molar-refractivity contribution in [2.45, 2.75) is 6.92 Å². The van der Waals surface area contributed by atoms with Crippen LogP contribution in [-0.2, 0) is 0 Å². The normalized spacial score (nSPS) is 10.8. The zero-order valence-electron chi connectivity index (χ0n) is 10.2. The van der Waals surface area contributed by atoms with Gasteiger partial charge in [-0.3, -0.25) is 15.1 Å². The van der Waals surface area contributed by atoms with E-state index in [1.54, 1.807) is 18.3 Å². The van der Waals surface area contributed by atoms with Gasteiger partial charge in [-0.25, -0.2) is 0 Å². The molecule has 0 aliphatic heterocycles. The van der Waals surface area contributed by atoms with Crippen LogP contribution in [0.5, 0.6) is 0 Å².